The number of hydrogen-bond acceptors (Lipinski definition) is 1. The molecule has 0 aromatic carbocycles. The fraction of sp³-hybridized carbons (Fsp3) is 0. The molecule has 0 spiro atoms. The van der Waals surface area contributed by atoms with E-state index in [1.165, 1.54) is 0 Å². The Morgan fingerprint density at radius 3 is 1.20 bits per heavy atom. The van der Waals surface area contributed by atoms with Crippen LogP contribution in [0.25, 0.3) is 0 Å². The third-order valence-electron chi connectivity index (χ3n) is 0. The van der Waals surface area contributed by atoms with E-state index in [2.05, 4.69) is 15.7 Å². The summed E-state index contributed by atoms with van der Waals surface area (Å²) in [5, 5.41) is 0. The Morgan fingerprint density at radius 1 is 1.20 bits per heavy atom. The molecule has 0 aliphatic carbocycles. The zero-order valence-electron chi connectivity index (χ0n) is 5.06. The SMILES string of the molecule is [H-].[H-].[Li+].[Li+].[Ni].[O]=[Co]. The van der Waals surface area contributed by atoms with E-state index in [0.29, 0.717) is 0 Å². The van der Waals surface area contributed by atoms with E-state index in [1.54, 1.807) is 0 Å². The Hall–Kier alpha value is 1.99. The second-order valence-electron chi connectivity index (χ2n) is 0. The average Bonchev–Trinajstić information content (AvgIpc) is 1.00. The van der Waals surface area contributed by atoms with Crippen LogP contribution < -0.4 is 37.7 Å². The first-order valence-electron chi connectivity index (χ1n) is 0.136. The van der Waals surface area contributed by atoms with Crippen LogP contribution in [-0.4, -0.2) is 0 Å². The van der Waals surface area contributed by atoms with Gasteiger partial charge in [-0.3, -0.25) is 0 Å². The van der Waals surface area contributed by atoms with E-state index < -0.39 is 0 Å². The molecule has 0 amide bonds. The molecule has 0 aromatic heterocycles. The molecule has 0 saturated carbocycles. The van der Waals surface area contributed by atoms with Crippen LogP contribution in [0, 0.1) is 0 Å². The van der Waals surface area contributed by atoms with Crippen molar-refractivity contribution in [3.05, 3.63) is 0 Å². The molecule has 0 atom stereocenters. The molecular weight excluding hydrogens is 148 g/mol. The van der Waals surface area contributed by atoms with Crippen LogP contribution in [0.2, 0.25) is 0 Å². The predicted molar refractivity (Wildman–Crippen MR) is 2.91 cm³/mol. The summed E-state index contributed by atoms with van der Waals surface area (Å²) >= 11 is 2.31. The van der Waals surface area contributed by atoms with Crippen LogP contribution in [-0.2, 0) is 36.0 Å². The van der Waals surface area contributed by atoms with Crippen molar-refractivity contribution >= 4 is 0 Å². The summed E-state index contributed by atoms with van der Waals surface area (Å²) in [7, 11) is 0. The van der Waals surface area contributed by atoms with E-state index in [-0.39, 0.29) is 57.1 Å². The molecule has 0 bridgehead atoms. The second kappa shape index (κ2) is 37.6. The van der Waals surface area contributed by atoms with Crippen LogP contribution in [0.15, 0.2) is 0 Å². The van der Waals surface area contributed by atoms with E-state index >= 15 is 0 Å². The van der Waals surface area contributed by atoms with Gasteiger partial charge in [0.25, 0.3) is 0 Å². The molecule has 0 N–H and O–H groups in total. The van der Waals surface area contributed by atoms with Gasteiger partial charge < -0.3 is 2.85 Å². The van der Waals surface area contributed by atoms with Gasteiger partial charge in [0, 0.05) is 16.5 Å². The van der Waals surface area contributed by atoms with Crippen LogP contribution in [0.5, 0.6) is 0 Å². The molecule has 0 aromatic rings. The summed E-state index contributed by atoms with van der Waals surface area (Å²) in [4.78, 5) is 0. The molecule has 0 heterocycles. The van der Waals surface area contributed by atoms with Crippen molar-refractivity contribution in [3.63, 3.8) is 0 Å². The quantitative estimate of drug-likeness (QED) is 0.314. The van der Waals surface area contributed by atoms with Crippen LogP contribution in [0.1, 0.15) is 2.85 Å². The van der Waals surface area contributed by atoms with Crippen LogP contribution >= 0.6 is 0 Å². The number of hydrogen-bond donors (Lipinski definition) is 0. The Morgan fingerprint density at radius 2 is 1.20 bits per heavy atom. The first-order chi connectivity index (χ1) is 1.00. The van der Waals surface area contributed by atoms with Crippen molar-refractivity contribution in [2.24, 2.45) is 0 Å². The molecule has 0 aliphatic rings. The summed E-state index contributed by atoms with van der Waals surface area (Å²) < 4.78 is 7.94. The maximum atomic E-state index is 7.94. The first-order valence-corrected chi connectivity index (χ1v) is 0.561. The molecule has 0 aliphatic heterocycles. The minimum atomic E-state index is 0. The maximum absolute atomic E-state index is 7.94. The summed E-state index contributed by atoms with van der Waals surface area (Å²) in [6.45, 7) is 0. The molecule has 1 nitrogen and oxygen atoms in total. The van der Waals surface area contributed by atoms with Crippen molar-refractivity contribution in [1.82, 2.24) is 0 Å². The molecule has 0 saturated heterocycles. The minimum absolute atomic E-state index is 0. The standard InChI is InChI=1S/Co.2Li.Ni.O.2H/q;2*+1;;;2*-1. The third kappa shape index (κ3) is 24.0. The third-order valence-corrected chi connectivity index (χ3v) is 0. The van der Waals surface area contributed by atoms with E-state index in [0.717, 1.165) is 0 Å². The molecule has 0 radical (unpaired) electrons. The van der Waals surface area contributed by atoms with Crippen LogP contribution in [0.3, 0.4) is 0 Å². The van der Waals surface area contributed by atoms with Gasteiger partial charge in [-0.05, 0) is 0 Å². The fourth-order valence-corrected chi connectivity index (χ4v) is 0. The molecule has 29 valence electrons. The normalized spacial score (nSPS) is 1.00. The van der Waals surface area contributed by atoms with Crippen molar-refractivity contribution in [2.75, 3.05) is 0 Å². The van der Waals surface area contributed by atoms with Crippen molar-refractivity contribution < 1.29 is 76.6 Å². The summed E-state index contributed by atoms with van der Waals surface area (Å²) in [5.41, 5.74) is 0. The van der Waals surface area contributed by atoms with Gasteiger partial charge in [0.05, 0.1) is 0 Å². The van der Waals surface area contributed by atoms with Gasteiger partial charge in [0.15, 0.2) is 0 Å². The molecule has 0 unspecified atom stereocenters. The summed E-state index contributed by atoms with van der Waals surface area (Å²) in [5.74, 6) is 0. The van der Waals surface area contributed by atoms with E-state index in [9.17, 15) is 0 Å². The van der Waals surface area contributed by atoms with Crippen LogP contribution in [0.4, 0.5) is 0 Å². The molecule has 0 fully saturated rings. The van der Waals surface area contributed by atoms with Gasteiger partial charge in [-0.2, -0.15) is 0 Å². The van der Waals surface area contributed by atoms with Crippen molar-refractivity contribution in [1.29, 1.82) is 0 Å². The summed E-state index contributed by atoms with van der Waals surface area (Å²) in [6, 6.07) is 0. The van der Waals surface area contributed by atoms with Gasteiger partial charge in [0.1, 0.15) is 0 Å². The number of rotatable bonds is 0. The summed E-state index contributed by atoms with van der Waals surface area (Å²) in [6.07, 6.45) is 0. The average molecular weight is 150 g/mol. The van der Waals surface area contributed by atoms with Gasteiger partial charge >= 0.3 is 57.3 Å². The van der Waals surface area contributed by atoms with E-state index in [4.69, 9.17) is 3.87 Å². The molecular formula is H2CoLi2NiO. The fourth-order valence-electron chi connectivity index (χ4n) is 0. The van der Waals surface area contributed by atoms with Gasteiger partial charge in [-0.15, -0.1) is 0 Å². The van der Waals surface area contributed by atoms with Gasteiger partial charge in [-0.25, -0.2) is 0 Å². The first kappa shape index (κ1) is 28.0. The molecule has 5 heteroatoms. The zero-order chi connectivity index (χ0) is 2.00. The van der Waals surface area contributed by atoms with E-state index in [1.807, 2.05) is 0 Å². The Kier molecular flexibility index (Phi) is 211. The van der Waals surface area contributed by atoms with Crippen molar-refractivity contribution in [2.45, 2.75) is 0 Å². The second-order valence-corrected chi connectivity index (χ2v) is 0. The topological polar surface area (TPSA) is 17.1 Å². The Labute approximate surface area is 76.1 Å². The Balaban J connectivity index is -0.000000000500. The van der Waals surface area contributed by atoms with Gasteiger partial charge in [-0.1, -0.05) is 0 Å². The Bertz CT molecular complexity index is 15.7. The molecule has 0 rings (SSSR count). The molecule has 5 heavy (non-hydrogen) atoms. The predicted octanol–water partition coefficient (Wildman–Crippen LogP) is -5.89. The monoisotopic (exact) mass is 149 g/mol. The zero-order valence-corrected chi connectivity index (χ0v) is 5.09. The van der Waals surface area contributed by atoms with Gasteiger partial charge in [0.2, 0.25) is 0 Å². The van der Waals surface area contributed by atoms with Crippen molar-refractivity contribution in [3.8, 4) is 0 Å².